The molecule has 2 aliphatic rings. The molecular formula is C26H28ClFN6OS. The predicted molar refractivity (Wildman–Crippen MR) is 144 cm³/mol. The van der Waals surface area contributed by atoms with E-state index >= 15 is 0 Å². The van der Waals surface area contributed by atoms with Crippen LogP contribution >= 0.6 is 23.4 Å². The monoisotopic (exact) mass is 526 g/mol. The summed E-state index contributed by atoms with van der Waals surface area (Å²) in [5, 5.41) is 4.00. The Morgan fingerprint density at radius 3 is 2.67 bits per heavy atom. The van der Waals surface area contributed by atoms with Crippen LogP contribution in [0.25, 0.3) is 0 Å². The van der Waals surface area contributed by atoms with Crippen molar-refractivity contribution in [2.24, 2.45) is 0 Å². The number of nitrogens with one attached hydrogen (secondary N) is 1. The lowest BCUT2D eigenvalue weighted by molar-refractivity contribution is 0.0985. The maximum atomic E-state index is 14.4. The van der Waals surface area contributed by atoms with Crippen molar-refractivity contribution in [2.75, 3.05) is 48.2 Å². The summed E-state index contributed by atoms with van der Waals surface area (Å²) in [7, 11) is 4.30. The first-order valence-corrected chi connectivity index (χ1v) is 13.2. The zero-order valence-corrected chi connectivity index (χ0v) is 22.0. The fraction of sp³-hybridized carbons (Fsp3) is 0.346. The number of amides is 1. The Kier molecular flexibility index (Phi) is 7.05. The van der Waals surface area contributed by atoms with E-state index in [4.69, 9.17) is 11.6 Å². The Morgan fingerprint density at radius 1 is 1.19 bits per heavy atom. The lowest BCUT2D eigenvalue weighted by Crippen LogP contribution is -2.42. The van der Waals surface area contributed by atoms with Gasteiger partial charge in [0.15, 0.2) is 0 Å². The number of carbonyl (C=O) groups is 1. The van der Waals surface area contributed by atoms with Crippen LogP contribution in [0, 0.1) is 12.7 Å². The number of para-hydroxylation sites is 1. The largest absolute Gasteiger partial charge is 0.371 e. The lowest BCUT2D eigenvalue weighted by atomic mass is 10.0. The molecule has 0 spiro atoms. The smallest absolute Gasteiger partial charge is 0.263 e. The van der Waals surface area contributed by atoms with Crippen molar-refractivity contribution in [1.29, 1.82) is 0 Å². The molecule has 1 saturated heterocycles. The molecule has 0 unspecified atom stereocenters. The number of aryl methyl sites for hydroxylation is 1. The van der Waals surface area contributed by atoms with E-state index in [1.807, 2.05) is 6.07 Å². The fourth-order valence-corrected chi connectivity index (χ4v) is 5.98. The number of piperidine rings is 1. The van der Waals surface area contributed by atoms with Crippen LogP contribution in [0.15, 0.2) is 47.6 Å². The van der Waals surface area contributed by atoms with E-state index < -0.39 is 5.82 Å². The van der Waals surface area contributed by atoms with Gasteiger partial charge in [-0.05, 0) is 69.8 Å². The molecule has 1 fully saturated rings. The van der Waals surface area contributed by atoms with Crippen molar-refractivity contribution < 1.29 is 9.18 Å². The Hall–Kier alpha value is -2.88. The minimum Gasteiger partial charge on any atom is -0.371 e. The number of carbonyl (C=O) groups excluding carboxylic acids is 1. The molecular weight excluding hydrogens is 499 g/mol. The molecule has 3 heterocycles. The van der Waals surface area contributed by atoms with E-state index in [2.05, 4.69) is 58.2 Å². The standard InChI is InChI=1S/C26H28ClFN6OS/c1-16-13-17(7-8-22(16)33-11-9-18(10-12-33)32(2)3)30-26-29-14-19-24(31-26)36-15-34(25(19)35)23-20(27)5-4-6-21(23)28/h4-8,13-14,18H,9-12,15H2,1-3H3,(H,29,30,31). The molecule has 7 nitrogen and oxygen atoms in total. The van der Waals surface area contributed by atoms with Crippen molar-refractivity contribution in [3.63, 3.8) is 0 Å². The maximum absolute atomic E-state index is 14.4. The van der Waals surface area contributed by atoms with E-state index in [1.165, 1.54) is 46.2 Å². The van der Waals surface area contributed by atoms with E-state index in [1.54, 1.807) is 6.07 Å². The SMILES string of the molecule is Cc1cc(Nc2ncc3c(n2)SCN(c2c(F)cccc2Cl)C3=O)ccc1N1CCC(N(C)C)CC1. The second-order valence-corrected chi connectivity index (χ2v) is 10.6. The van der Waals surface area contributed by atoms with Crippen LogP contribution in [-0.2, 0) is 0 Å². The third-order valence-electron chi connectivity index (χ3n) is 6.76. The van der Waals surface area contributed by atoms with Crippen molar-refractivity contribution >= 4 is 52.3 Å². The van der Waals surface area contributed by atoms with E-state index in [0.717, 1.165) is 31.6 Å². The average molecular weight is 527 g/mol. The number of rotatable bonds is 5. The Labute approximate surface area is 219 Å². The highest BCUT2D eigenvalue weighted by Gasteiger charge is 2.31. The molecule has 10 heteroatoms. The highest BCUT2D eigenvalue weighted by atomic mass is 35.5. The number of anilines is 4. The number of halogens is 2. The Morgan fingerprint density at radius 2 is 1.97 bits per heavy atom. The molecule has 0 radical (unpaired) electrons. The molecule has 0 atom stereocenters. The molecule has 3 aromatic rings. The van der Waals surface area contributed by atoms with Crippen molar-refractivity contribution in [2.45, 2.75) is 30.8 Å². The number of thioether (sulfide) groups is 1. The molecule has 1 N–H and O–H groups in total. The molecule has 2 aliphatic heterocycles. The fourth-order valence-electron chi connectivity index (χ4n) is 4.77. The van der Waals surface area contributed by atoms with Gasteiger partial charge in [0.2, 0.25) is 5.95 Å². The van der Waals surface area contributed by atoms with Gasteiger partial charge in [-0.3, -0.25) is 9.69 Å². The van der Waals surface area contributed by atoms with Gasteiger partial charge in [0.1, 0.15) is 10.8 Å². The summed E-state index contributed by atoms with van der Waals surface area (Å²) < 4.78 is 14.4. The van der Waals surface area contributed by atoms with Crippen LogP contribution in [0.1, 0.15) is 28.8 Å². The van der Waals surface area contributed by atoms with Gasteiger partial charge in [-0.2, -0.15) is 0 Å². The Bertz CT molecular complexity index is 1280. The third kappa shape index (κ3) is 4.87. The van der Waals surface area contributed by atoms with Crippen LogP contribution in [0.5, 0.6) is 0 Å². The predicted octanol–water partition coefficient (Wildman–Crippen LogP) is 5.56. The first-order valence-electron chi connectivity index (χ1n) is 11.9. The van der Waals surface area contributed by atoms with Crippen molar-refractivity contribution in [3.8, 4) is 0 Å². The number of fused-ring (bicyclic) bond motifs is 1. The van der Waals surface area contributed by atoms with Crippen molar-refractivity contribution in [3.05, 3.63) is 64.6 Å². The lowest BCUT2D eigenvalue weighted by Gasteiger charge is -2.37. The number of hydrogen-bond donors (Lipinski definition) is 1. The summed E-state index contributed by atoms with van der Waals surface area (Å²) >= 11 is 7.52. The highest BCUT2D eigenvalue weighted by Crippen LogP contribution is 2.37. The maximum Gasteiger partial charge on any atom is 0.263 e. The molecule has 0 aliphatic carbocycles. The third-order valence-corrected chi connectivity index (χ3v) is 8.03. The summed E-state index contributed by atoms with van der Waals surface area (Å²) in [6, 6.07) is 11.3. The second-order valence-electron chi connectivity index (χ2n) is 9.30. The zero-order chi connectivity index (χ0) is 25.4. The van der Waals surface area contributed by atoms with Gasteiger partial charge in [0, 0.05) is 36.7 Å². The number of benzene rings is 2. The van der Waals surface area contributed by atoms with E-state index in [-0.39, 0.29) is 22.5 Å². The molecule has 5 rings (SSSR count). The van der Waals surface area contributed by atoms with Gasteiger partial charge in [-0.15, -0.1) is 0 Å². The topological polar surface area (TPSA) is 64.6 Å². The number of hydrogen-bond acceptors (Lipinski definition) is 7. The van der Waals surface area contributed by atoms with Crippen LogP contribution in [0.4, 0.5) is 27.4 Å². The van der Waals surface area contributed by atoms with E-state index in [9.17, 15) is 9.18 Å². The first-order chi connectivity index (χ1) is 17.3. The van der Waals surface area contributed by atoms with Gasteiger partial charge < -0.3 is 15.1 Å². The molecule has 188 valence electrons. The summed E-state index contributed by atoms with van der Waals surface area (Å²) in [6.45, 7) is 4.21. The van der Waals surface area contributed by atoms with Gasteiger partial charge in [-0.25, -0.2) is 14.4 Å². The highest BCUT2D eigenvalue weighted by molar-refractivity contribution is 7.99. The first kappa shape index (κ1) is 24.8. The zero-order valence-electron chi connectivity index (χ0n) is 20.5. The van der Waals surface area contributed by atoms with Crippen LogP contribution in [-0.4, -0.2) is 59.9 Å². The number of aromatic nitrogens is 2. The van der Waals surface area contributed by atoms with Gasteiger partial charge in [0.05, 0.1) is 22.2 Å². The molecule has 0 bridgehead atoms. The van der Waals surface area contributed by atoms with Crippen LogP contribution in [0.2, 0.25) is 5.02 Å². The summed E-state index contributed by atoms with van der Waals surface area (Å²) in [5.74, 6) is -0.299. The molecule has 1 amide bonds. The number of nitrogens with zero attached hydrogens (tertiary/aromatic N) is 5. The Balaban J connectivity index is 1.29. The molecule has 1 aromatic heterocycles. The quantitative estimate of drug-likeness (QED) is 0.436. The van der Waals surface area contributed by atoms with E-state index in [0.29, 0.717) is 22.6 Å². The van der Waals surface area contributed by atoms with Crippen LogP contribution in [0.3, 0.4) is 0 Å². The van der Waals surface area contributed by atoms with Crippen LogP contribution < -0.4 is 15.1 Å². The van der Waals surface area contributed by atoms with Gasteiger partial charge in [-0.1, -0.05) is 29.4 Å². The summed E-state index contributed by atoms with van der Waals surface area (Å²) in [4.78, 5) is 28.0. The summed E-state index contributed by atoms with van der Waals surface area (Å²) in [5.41, 5.74) is 3.71. The molecule has 0 saturated carbocycles. The second kappa shape index (κ2) is 10.2. The molecule has 2 aromatic carbocycles. The van der Waals surface area contributed by atoms with Gasteiger partial charge >= 0.3 is 0 Å². The minimum absolute atomic E-state index is 0.0750. The van der Waals surface area contributed by atoms with Crippen molar-refractivity contribution in [1.82, 2.24) is 14.9 Å². The molecule has 36 heavy (non-hydrogen) atoms. The van der Waals surface area contributed by atoms with Gasteiger partial charge in [0.25, 0.3) is 5.91 Å². The minimum atomic E-state index is -0.542. The average Bonchev–Trinajstić information content (AvgIpc) is 2.85. The normalized spacial score (nSPS) is 16.4. The summed E-state index contributed by atoms with van der Waals surface area (Å²) in [6.07, 6.45) is 3.80.